The standard InChI is InChI=1S/C19H22N2O4S/c1-25-13-16-5-3-2-4-15(16)12-20-19(22)14-6-10-18(11-7-14)26(23,24)21-17-8-9-17/h2-7,10-11,17,21H,8-9,12-13H2,1H3,(H,20,22). The van der Waals surface area contributed by atoms with Gasteiger partial charge in [-0.25, -0.2) is 13.1 Å². The molecular formula is C19H22N2O4S. The van der Waals surface area contributed by atoms with Crippen molar-refractivity contribution in [3.8, 4) is 0 Å². The smallest absolute Gasteiger partial charge is 0.251 e. The number of amides is 1. The largest absolute Gasteiger partial charge is 0.380 e. The molecule has 1 fully saturated rings. The van der Waals surface area contributed by atoms with Gasteiger partial charge in [0.2, 0.25) is 10.0 Å². The number of sulfonamides is 1. The molecule has 1 aliphatic carbocycles. The van der Waals surface area contributed by atoms with E-state index in [2.05, 4.69) is 10.0 Å². The molecule has 138 valence electrons. The summed E-state index contributed by atoms with van der Waals surface area (Å²) < 4.78 is 32.1. The summed E-state index contributed by atoms with van der Waals surface area (Å²) in [5.41, 5.74) is 2.41. The van der Waals surface area contributed by atoms with Crippen molar-refractivity contribution < 1.29 is 17.9 Å². The fourth-order valence-electron chi connectivity index (χ4n) is 2.58. The van der Waals surface area contributed by atoms with E-state index in [1.165, 1.54) is 24.3 Å². The highest BCUT2D eigenvalue weighted by Gasteiger charge is 2.27. The fourth-order valence-corrected chi connectivity index (χ4v) is 3.88. The SMILES string of the molecule is COCc1ccccc1CNC(=O)c1ccc(S(=O)(=O)NC2CC2)cc1. The Balaban J connectivity index is 1.63. The van der Waals surface area contributed by atoms with E-state index >= 15 is 0 Å². The first-order valence-corrected chi connectivity index (χ1v) is 9.94. The van der Waals surface area contributed by atoms with E-state index in [0.29, 0.717) is 18.7 Å². The van der Waals surface area contributed by atoms with Gasteiger partial charge in [-0.15, -0.1) is 0 Å². The van der Waals surface area contributed by atoms with Gasteiger partial charge in [0.25, 0.3) is 5.91 Å². The Morgan fingerprint density at radius 3 is 2.35 bits per heavy atom. The van der Waals surface area contributed by atoms with Crippen molar-refractivity contribution in [3.63, 3.8) is 0 Å². The number of nitrogens with one attached hydrogen (secondary N) is 2. The maximum Gasteiger partial charge on any atom is 0.251 e. The number of carbonyl (C=O) groups is 1. The summed E-state index contributed by atoms with van der Waals surface area (Å²) in [6.45, 7) is 0.855. The maximum atomic E-state index is 12.3. The summed E-state index contributed by atoms with van der Waals surface area (Å²) >= 11 is 0. The fraction of sp³-hybridized carbons (Fsp3) is 0.316. The van der Waals surface area contributed by atoms with Gasteiger partial charge < -0.3 is 10.1 Å². The van der Waals surface area contributed by atoms with Crippen LogP contribution in [0.15, 0.2) is 53.4 Å². The van der Waals surface area contributed by atoms with Gasteiger partial charge in [-0.05, 0) is 48.2 Å². The summed E-state index contributed by atoms with van der Waals surface area (Å²) in [6, 6.07) is 13.7. The molecule has 2 aromatic carbocycles. The molecule has 0 aliphatic heterocycles. The van der Waals surface area contributed by atoms with Crippen molar-refractivity contribution in [1.82, 2.24) is 10.0 Å². The van der Waals surface area contributed by atoms with Gasteiger partial charge in [0.15, 0.2) is 0 Å². The van der Waals surface area contributed by atoms with Crippen molar-refractivity contribution in [1.29, 1.82) is 0 Å². The average Bonchev–Trinajstić information content (AvgIpc) is 3.44. The Morgan fingerprint density at radius 2 is 1.73 bits per heavy atom. The Kier molecular flexibility index (Phi) is 5.70. The lowest BCUT2D eigenvalue weighted by molar-refractivity contribution is 0.0950. The molecule has 0 saturated heterocycles. The number of rotatable bonds is 8. The van der Waals surface area contributed by atoms with E-state index in [1.807, 2.05) is 24.3 Å². The first kappa shape index (κ1) is 18.6. The van der Waals surface area contributed by atoms with Crippen molar-refractivity contribution >= 4 is 15.9 Å². The van der Waals surface area contributed by atoms with E-state index in [-0.39, 0.29) is 16.8 Å². The van der Waals surface area contributed by atoms with Crippen LogP contribution in [-0.4, -0.2) is 27.5 Å². The molecule has 0 aromatic heterocycles. The van der Waals surface area contributed by atoms with Crippen molar-refractivity contribution in [2.75, 3.05) is 7.11 Å². The molecule has 2 N–H and O–H groups in total. The summed E-state index contributed by atoms with van der Waals surface area (Å²) in [5, 5.41) is 2.85. The van der Waals surface area contributed by atoms with E-state index in [0.717, 1.165) is 24.0 Å². The highest BCUT2D eigenvalue weighted by atomic mass is 32.2. The van der Waals surface area contributed by atoms with Crippen LogP contribution in [0, 0.1) is 0 Å². The molecule has 1 amide bonds. The predicted octanol–water partition coefficient (Wildman–Crippen LogP) is 2.20. The van der Waals surface area contributed by atoms with E-state index in [9.17, 15) is 13.2 Å². The first-order chi connectivity index (χ1) is 12.5. The molecule has 0 atom stereocenters. The normalized spacial score (nSPS) is 14.2. The zero-order valence-electron chi connectivity index (χ0n) is 14.6. The molecular weight excluding hydrogens is 352 g/mol. The lowest BCUT2D eigenvalue weighted by atomic mass is 10.1. The molecule has 3 rings (SSSR count). The zero-order valence-corrected chi connectivity index (χ0v) is 15.4. The molecule has 0 spiro atoms. The van der Waals surface area contributed by atoms with Crippen LogP contribution in [0.2, 0.25) is 0 Å². The summed E-state index contributed by atoms with van der Waals surface area (Å²) in [7, 11) is -1.87. The molecule has 0 radical (unpaired) electrons. The minimum atomic E-state index is -3.50. The van der Waals surface area contributed by atoms with Crippen LogP contribution in [0.5, 0.6) is 0 Å². The number of benzene rings is 2. The molecule has 1 aliphatic rings. The van der Waals surface area contributed by atoms with Crippen LogP contribution in [0.1, 0.15) is 34.3 Å². The highest BCUT2D eigenvalue weighted by molar-refractivity contribution is 7.89. The van der Waals surface area contributed by atoms with Gasteiger partial charge in [-0.2, -0.15) is 0 Å². The van der Waals surface area contributed by atoms with Gasteiger partial charge in [-0.1, -0.05) is 24.3 Å². The van der Waals surface area contributed by atoms with Gasteiger partial charge >= 0.3 is 0 Å². The van der Waals surface area contributed by atoms with Gasteiger partial charge in [0, 0.05) is 25.3 Å². The third-order valence-electron chi connectivity index (χ3n) is 4.18. The minimum absolute atomic E-state index is 0.0511. The van der Waals surface area contributed by atoms with Crippen LogP contribution in [0.25, 0.3) is 0 Å². The van der Waals surface area contributed by atoms with E-state index in [1.54, 1.807) is 7.11 Å². The van der Waals surface area contributed by atoms with Gasteiger partial charge in [0.05, 0.1) is 11.5 Å². The number of carbonyl (C=O) groups excluding carboxylic acids is 1. The van der Waals surface area contributed by atoms with Gasteiger partial charge in [-0.3, -0.25) is 4.79 Å². The second-order valence-corrected chi connectivity index (χ2v) is 8.02. The minimum Gasteiger partial charge on any atom is -0.380 e. The van der Waals surface area contributed by atoms with Crippen LogP contribution in [0.4, 0.5) is 0 Å². The van der Waals surface area contributed by atoms with Crippen LogP contribution >= 0.6 is 0 Å². The molecule has 0 heterocycles. The topological polar surface area (TPSA) is 84.5 Å². The number of hydrogen-bond acceptors (Lipinski definition) is 4. The molecule has 7 heteroatoms. The summed E-state index contributed by atoms with van der Waals surface area (Å²) in [5.74, 6) is -0.253. The molecule has 2 aromatic rings. The molecule has 0 bridgehead atoms. The first-order valence-electron chi connectivity index (χ1n) is 8.46. The monoisotopic (exact) mass is 374 g/mol. The quantitative estimate of drug-likeness (QED) is 0.742. The third kappa shape index (κ3) is 4.69. The molecule has 0 unspecified atom stereocenters. The maximum absolute atomic E-state index is 12.3. The predicted molar refractivity (Wildman–Crippen MR) is 98.1 cm³/mol. The van der Waals surface area contributed by atoms with Crippen molar-refractivity contribution in [2.24, 2.45) is 0 Å². The lowest BCUT2D eigenvalue weighted by Crippen LogP contribution is -2.26. The second-order valence-electron chi connectivity index (χ2n) is 6.30. The van der Waals surface area contributed by atoms with Crippen molar-refractivity contribution in [3.05, 3.63) is 65.2 Å². The van der Waals surface area contributed by atoms with Crippen LogP contribution in [0.3, 0.4) is 0 Å². The van der Waals surface area contributed by atoms with Crippen LogP contribution in [-0.2, 0) is 27.9 Å². The van der Waals surface area contributed by atoms with E-state index in [4.69, 9.17) is 4.74 Å². The number of ether oxygens (including phenoxy) is 1. The average molecular weight is 374 g/mol. The van der Waals surface area contributed by atoms with Crippen molar-refractivity contribution in [2.45, 2.75) is 36.9 Å². The summed E-state index contributed by atoms with van der Waals surface area (Å²) in [4.78, 5) is 12.5. The lowest BCUT2D eigenvalue weighted by Gasteiger charge is -2.11. The molecule has 26 heavy (non-hydrogen) atoms. The van der Waals surface area contributed by atoms with Crippen LogP contribution < -0.4 is 10.0 Å². The zero-order chi connectivity index (χ0) is 18.6. The highest BCUT2D eigenvalue weighted by Crippen LogP contribution is 2.22. The number of hydrogen-bond donors (Lipinski definition) is 2. The Morgan fingerprint density at radius 1 is 1.08 bits per heavy atom. The number of methoxy groups -OCH3 is 1. The summed E-state index contributed by atoms with van der Waals surface area (Å²) in [6.07, 6.45) is 1.76. The van der Waals surface area contributed by atoms with E-state index < -0.39 is 10.0 Å². The molecule has 6 nitrogen and oxygen atoms in total. The third-order valence-corrected chi connectivity index (χ3v) is 5.72. The Bertz CT molecular complexity index is 875. The van der Waals surface area contributed by atoms with Gasteiger partial charge in [0.1, 0.15) is 0 Å². The second kappa shape index (κ2) is 7.99. The Hall–Kier alpha value is -2.22. The molecule has 1 saturated carbocycles. The Labute approximate surface area is 153 Å².